The van der Waals surface area contributed by atoms with Gasteiger partial charge < -0.3 is 15.2 Å². The summed E-state index contributed by atoms with van der Waals surface area (Å²) in [6.45, 7) is 3.11. The van der Waals surface area contributed by atoms with Gasteiger partial charge in [-0.2, -0.15) is 5.10 Å². The lowest BCUT2D eigenvalue weighted by atomic mass is 9.73. The number of hydrogen-bond acceptors (Lipinski definition) is 5. The molecule has 2 aliphatic heterocycles. The summed E-state index contributed by atoms with van der Waals surface area (Å²) in [5.74, 6) is 0.934. The van der Waals surface area contributed by atoms with E-state index in [4.69, 9.17) is 16.3 Å². The number of amides is 1. The van der Waals surface area contributed by atoms with Gasteiger partial charge in [0.25, 0.3) is 0 Å². The molecule has 3 aromatic rings. The number of nitrogens with zero attached hydrogens (tertiary/aromatic N) is 3. The van der Waals surface area contributed by atoms with Crippen LogP contribution in [0.1, 0.15) is 37.3 Å². The van der Waals surface area contributed by atoms with Crippen molar-refractivity contribution in [2.75, 3.05) is 31.6 Å². The lowest BCUT2D eigenvalue weighted by molar-refractivity contribution is -0.122. The van der Waals surface area contributed by atoms with Gasteiger partial charge in [0.2, 0.25) is 5.91 Å². The predicted molar refractivity (Wildman–Crippen MR) is 127 cm³/mol. The van der Waals surface area contributed by atoms with Gasteiger partial charge in [-0.15, -0.1) is 0 Å². The Morgan fingerprint density at radius 3 is 2.79 bits per heavy atom. The maximum atomic E-state index is 12.8. The first-order valence-corrected chi connectivity index (χ1v) is 12.0. The molecule has 1 aromatic heterocycles. The third-order valence-corrected chi connectivity index (χ3v) is 7.80. The van der Waals surface area contributed by atoms with Gasteiger partial charge in [-0.3, -0.25) is 14.4 Å². The summed E-state index contributed by atoms with van der Waals surface area (Å²) in [6.07, 6.45) is 4.78. The lowest BCUT2D eigenvalue weighted by Crippen LogP contribution is -2.47. The van der Waals surface area contributed by atoms with E-state index in [9.17, 15) is 9.90 Å². The van der Waals surface area contributed by atoms with Crippen molar-refractivity contribution in [2.45, 2.75) is 43.2 Å². The Morgan fingerprint density at radius 1 is 1.18 bits per heavy atom. The molecule has 2 fully saturated rings. The highest BCUT2D eigenvalue weighted by Gasteiger charge is 2.48. The summed E-state index contributed by atoms with van der Waals surface area (Å²) in [4.78, 5) is 15.2. The molecule has 1 saturated carbocycles. The Labute approximate surface area is 197 Å². The normalized spacial score (nSPS) is 24.0. The summed E-state index contributed by atoms with van der Waals surface area (Å²) in [7, 11) is 0. The van der Waals surface area contributed by atoms with E-state index in [-0.39, 0.29) is 18.1 Å². The van der Waals surface area contributed by atoms with Gasteiger partial charge in [0, 0.05) is 22.6 Å². The lowest BCUT2D eigenvalue weighted by Gasteiger charge is -2.38. The molecule has 3 aliphatic rings. The molecule has 172 valence electrons. The van der Waals surface area contributed by atoms with Crippen LogP contribution in [0.15, 0.2) is 42.6 Å². The van der Waals surface area contributed by atoms with E-state index in [0.29, 0.717) is 11.6 Å². The number of aliphatic hydroxyl groups is 1. The molecule has 1 saturated heterocycles. The zero-order valence-electron chi connectivity index (χ0n) is 18.3. The Bertz CT molecular complexity index is 1210. The number of likely N-dealkylation sites (tertiary alicyclic amines) is 1. The largest absolute Gasteiger partial charge is 0.492 e. The number of ether oxygens (including phenoxy) is 1. The first-order valence-electron chi connectivity index (χ1n) is 11.6. The minimum absolute atomic E-state index is 0.0981. The summed E-state index contributed by atoms with van der Waals surface area (Å²) in [6, 6.07) is 12.0. The molecule has 3 heterocycles. The Hall–Kier alpha value is -2.61. The Morgan fingerprint density at radius 2 is 2.00 bits per heavy atom. The molecule has 0 radical (unpaired) electrons. The third kappa shape index (κ3) is 3.59. The van der Waals surface area contributed by atoms with E-state index in [0.717, 1.165) is 73.2 Å². The monoisotopic (exact) mass is 466 g/mol. The minimum atomic E-state index is -0.459. The van der Waals surface area contributed by atoms with Crippen LogP contribution in [0.5, 0.6) is 5.75 Å². The number of aromatic nitrogens is 2. The van der Waals surface area contributed by atoms with E-state index in [1.54, 1.807) is 0 Å². The molecule has 33 heavy (non-hydrogen) atoms. The highest BCUT2D eigenvalue weighted by molar-refractivity contribution is 6.31. The van der Waals surface area contributed by atoms with Crippen molar-refractivity contribution in [2.24, 2.45) is 0 Å². The van der Waals surface area contributed by atoms with Crippen molar-refractivity contribution >= 4 is 34.1 Å². The van der Waals surface area contributed by atoms with E-state index < -0.39 is 5.41 Å². The van der Waals surface area contributed by atoms with E-state index >= 15 is 0 Å². The fourth-order valence-electron chi connectivity index (χ4n) is 5.50. The van der Waals surface area contributed by atoms with Gasteiger partial charge in [-0.1, -0.05) is 11.6 Å². The minimum Gasteiger partial charge on any atom is -0.492 e. The number of hydrogen-bond donors (Lipinski definition) is 2. The first kappa shape index (κ1) is 21.0. The number of carbonyl (C=O) groups is 1. The summed E-state index contributed by atoms with van der Waals surface area (Å²) in [5, 5.41) is 18.9. The van der Waals surface area contributed by atoms with Crippen molar-refractivity contribution in [3.63, 3.8) is 0 Å². The van der Waals surface area contributed by atoms with E-state index in [1.165, 1.54) is 0 Å². The van der Waals surface area contributed by atoms with Crippen molar-refractivity contribution in [3.8, 4) is 5.75 Å². The van der Waals surface area contributed by atoms with Gasteiger partial charge in [0.15, 0.2) is 0 Å². The molecule has 0 unspecified atom stereocenters. The van der Waals surface area contributed by atoms with Crippen LogP contribution in [0, 0.1) is 0 Å². The number of anilines is 1. The van der Waals surface area contributed by atoms with Crippen LogP contribution < -0.4 is 10.1 Å². The summed E-state index contributed by atoms with van der Waals surface area (Å²) >= 11 is 6.22. The van der Waals surface area contributed by atoms with Crippen LogP contribution in [0.2, 0.25) is 5.02 Å². The number of aliphatic hydroxyl groups excluding tert-OH is 1. The van der Waals surface area contributed by atoms with Crippen molar-refractivity contribution in [3.05, 3.63) is 53.2 Å². The molecule has 0 bridgehead atoms. The molecule has 2 aromatic carbocycles. The number of halogens is 1. The fourth-order valence-corrected chi connectivity index (χ4v) is 5.68. The number of benzene rings is 2. The quantitative estimate of drug-likeness (QED) is 0.598. The fraction of sp³-hybridized carbons (Fsp3) is 0.440. The Kier molecular flexibility index (Phi) is 5.09. The Balaban J connectivity index is 1.05. The second-order valence-corrected chi connectivity index (χ2v) is 9.94. The standard InChI is InChI=1S/C25H27ClN4O3/c26-17-1-3-22-21(12-17)25(24(32)28-22)5-7-29(8-6-25)9-10-33-20-2-4-23-16(11-20)15-27-30(23)18-13-19(31)14-18/h1-4,11-12,15,18-19,31H,5-10,13-14H2,(H,28,32)/t18-,19+. The molecule has 1 spiro atoms. The third-order valence-electron chi connectivity index (χ3n) is 7.57. The zero-order valence-corrected chi connectivity index (χ0v) is 19.1. The van der Waals surface area contributed by atoms with Crippen LogP contribution in [0.3, 0.4) is 0 Å². The topological polar surface area (TPSA) is 79.6 Å². The second-order valence-electron chi connectivity index (χ2n) is 9.51. The van der Waals surface area contributed by atoms with Gasteiger partial charge in [-0.05, 0) is 80.7 Å². The van der Waals surface area contributed by atoms with Gasteiger partial charge in [0.1, 0.15) is 12.4 Å². The predicted octanol–water partition coefficient (Wildman–Crippen LogP) is 3.75. The zero-order chi connectivity index (χ0) is 22.6. The maximum absolute atomic E-state index is 12.8. The number of piperidine rings is 1. The van der Waals surface area contributed by atoms with Crippen LogP contribution in [-0.2, 0) is 10.2 Å². The van der Waals surface area contributed by atoms with Gasteiger partial charge in [-0.25, -0.2) is 0 Å². The molecule has 2 N–H and O–H groups in total. The molecule has 7 nitrogen and oxygen atoms in total. The van der Waals surface area contributed by atoms with Crippen LogP contribution in [0.4, 0.5) is 5.69 Å². The first-order chi connectivity index (χ1) is 16.0. The van der Waals surface area contributed by atoms with E-state index in [1.807, 2.05) is 47.3 Å². The van der Waals surface area contributed by atoms with Crippen LogP contribution in [0.25, 0.3) is 10.9 Å². The van der Waals surface area contributed by atoms with E-state index in [2.05, 4.69) is 15.3 Å². The molecular formula is C25H27ClN4O3. The second kappa shape index (κ2) is 8.01. The summed E-state index contributed by atoms with van der Waals surface area (Å²) < 4.78 is 8.05. The highest BCUT2D eigenvalue weighted by atomic mass is 35.5. The molecule has 6 rings (SSSR count). The number of carbonyl (C=O) groups excluding carboxylic acids is 1. The number of rotatable bonds is 5. The number of fused-ring (bicyclic) bond motifs is 3. The van der Waals surface area contributed by atoms with Crippen LogP contribution in [-0.4, -0.2) is 58.0 Å². The van der Waals surface area contributed by atoms with Crippen molar-refractivity contribution in [1.82, 2.24) is 14.7 Å². The van der Waals surface area contributed by atoms with Crippen LogP contribution >= 0.6 is 11.6 Å². The molecule has 0 atom stereocenters. The molecule has 1 amide bonds. The highest BCUT2D eigenvalue weighted by Crippen LogP contribution is 2.45. The van der Waals surface area contributed by atoms with Gasteiger partial charge >= 0.3 is 0 Å². The molecule has 8 heteroatoms. The molecular weight excluding hydrogens is 440 g/mol. The average Bonchev–Trinajstić information content (AvgIpc) is 3.32. The maximum Gasteiger partial charge on any atom is 0.235 e. The SMILES string of the molecule is O=C1Nc2ccc(Cl)cc2C12CCN(CCOc1ccc3c(cnn3[C@H]3C[C@@H](O)C3)c1)CC2. The smallest absolute Gasteiger partial charge is 0.235 e. The van der Waals surface area contributed by atoms with Gasteiger partial charge in [0.05, 0.1) is 29.3 Å². The van der Waals surface area contributed by atoms with Crippen molar-refractivity contribution < 1.29 is 14.6 Å². The molecule has 1 aliphatic carbocycles. The summed E-state index contributed by atoms with van der Waals surface area (Å²) in [5.41, 5.74) is 2.56. The van der Waals surface area contributed by atoms with Crippen molar-refractivity contribution in [1.29, 1.82) is 0 Å². The number of nitrogens with one attached hydrogen (secondary N) is 1. The average molecular weight is 467 g/mol.